The van der Waals surface area contributed by atoms with Crippen LogP contribution in [0.5, 0.6) is 0 Å². The third-order valence-electron chi connectivity index (χ3n) is 2.58. The molecule has 8 heteroatoms. The van der Waals surface area contributed by atoms with Gasteiger partial charge in [0.05, 0.1) is 10.6 Å². The highest BCUT2D eigenvalue weighted by atomic mass is 127. The summed E-state index contributed by atoms with van der Waals surface area (Å²) in [4.78, 5) is 22.1. The Morgan fingerprint density at radius 3 is 2.62 bits per heavy atom. The van der Waals surface area contributed by atoms with Crippen LogP contribution in [0.4, 0.5) is 15.8 Å². The van der Waals surface area contributed by atoms with E-state index in [4.69, 9.17) is 11.6 Å². The smallest absolute Gasteiger partial charge is 0.288 e. The van der Waals surface area contributed by atoms with E-state index in [9.17, 15) is 19.3 Å². The first-order chi connectivity index (χ1) is 9.88. The molecule has 108 valence electrons. The van der Waals surface area contributed by atoms with Crippen LogP contribution in [0.2, 0.25) is 5.02 Å². The van der Waals surface area contributed by atoms with Gasteiger partial charge in [-0.15, -0.1) is 0 Å². The van der Waals surface area contributed by atoms with Crippen LogP contribution >= 0.6 is 34.2 Å². The molecule has 2 aromatic rings. The van der Waals surface area contributed by atoms with E-state index in [2.05, 4.69) is 5.32 Å². The van der Waals surface area contributed by atoms with Crippen molar-refractivity contribution in [3.05, 3.63) is 66.5 Å². The average Bonchev–Trinajstić information content (AvgIpc) is 2.42. The molecule has 0 radical (unpaired) electrons. The molecule has 2 rings (SSSR count). The Morgan fingerprint density at radius 1 is 1.29 bits per heavy atom. The van der Waals surface area contributed by atoms with Crippen LogP contribution in [0, 0.1) is 19.5 Å². The summed E-state index contributed by atoms with van der Waals surface area (Å²) < 4.78 is 14.3. The first-order valence-corrected chi connectivity index (χ1v) is 7.04. The monoisotopic (exact) mass is 420 g/mol. The van der Waals surface area contributed by atoms with E-state index in [1.807, 2.05) is 22.6 Å². The van der Waals surface area contributed by atoms with Crippen LogP contribution in [-0.2, 0) is 0 Å². The number of hydrogen-bond donors (Lipinski definition) is 1. The summed E-state index contributed by atoms with van der Waals surface area (Å²) in [5.74, 6) is -1.24. The number of benzene rings is 2. The third-order valence-corrected chi connectivity index (χ3v) is 3.57. The SMILES string of the molecule is O=C(Nc1ccc(I)cc1F)c1ccc(Cl)c([N+](=O)[O-])c1. The van der Waals surface area contributed by atoms with E-state index >= 15 is 0 Å². The van der Waals surface area contributed by atoms with Crippen molar-refractivity contribution < 1.29 is 14.1 Å². The standard InChI is InChI=1S/C13H7ClFIN2O3/c14-9-3-1-7(5-12(9)18(20)21)13(19)17-11-4-2-8(16)6-10(11)15/h1-6H,(H,17,19). The zero-order chi connectivity index (χ0) is 15.6. The predicted octanol–water partition coefficient (Wildman–Crippen LogP) is 4.24. The number of hydrogen-bond acceptors (Lipinski definition) is 3. The molecule has 21 heavy (non-hydrogen) atoms. The second-order valence-electron chi connectivity index (χ2n) is 4.00. The fourth-order valence-electron chi connectivity index (χ4n) is 1.58. The van der Waals surface area contributed by atoms with Gasteiger partial charge in [0.2, 0.25) is 0 Å². The number of nitrogens with zero attached hydrogens (tertiary/aromatic N) is 1. The quantitative estimate of drug-likeness (QED) is 0.458. The Hall–Kier alpha value is -1.74. The van der Waals surface area contributed by atoms with Gasteiger partial charge in [-0.2, -0.15) is 0 Å². The summed E-state index contributed by atoms with van der Waals surface area (Å²) >= 11 is 7.60. The number of nitro benzene ring substituents is 1. The summed E-state index contributed by atoms with van der Waals surface area (Å²) in [6.45, 7) is 0. The van der Waals surface area contributed by atoms with E-state index in [0.29, 0.717) is 3.57 Å². The molecule has 2 aromatic carbocycles. The number of rotatable bonds is 3. The first kappa shape index (κ1) is 15.6. The van der Waals surface area contributed by atoms with Crippen molar-refractivity contribution in [3.63, 3.8) is 0 Å². The van der Waals surface area contributed by atoms with Gasteiger partial charge in [0, 0.05) is 15.2 Å². The third kappa shape index (κ3) is 3.67. The van der Waals surface area contributed by atoms with Gasteiger partial charge in [-0.25, -0.2) is 4.39 Å². The number of nitrogens with one attached hydrogen (secondary N) is 1. The summed E-state index contributed by atoms with van der Waals surface area (Å²) in [7, 11) is 0. The van der Waals surface area contributed by atoms with Crippen LogP contribution in [0.1, 0.15) is 10.4 Å². The Labute approximate surface area is 137 Å². The predicted molar refractivity (Wildman–Crippen MR) is 85.2 cm³/mol. The molecule has 0 spiro atoms. The molecule has 0 aliphatic rings. The van der Waals surface area contributed by atoms with E-state index in [1.54, 1.807) is 6.07 Å². The van der Waals surface area contributed by atoms with E-state index in [0.717, 1.165) is 6.07 Å². The summed E-state index contributed by atoms with van der Waals surface area (Å²) in [6.07, 6.45) is 0. The molecule has 0 atom stereocenters. The van der Waals surface area contributed by atoms with Gasteiger partial charge in [-0.05, 0) is 52.9 Å². The zero-order valence-electron chi connectivity index (χ0n) is 10.3. The van der Waals surface area contributed by atoms with Crippen LogP contribution in [0.3, 0.4) is 0 Å². The van der Waals surface area contributed by atoms with E-state index in [1.165, 1.54) is 24.3 Å². The van der Waals surface area contributed by atoms with Gasteiger partial charge in [0.25, 0.3) is 11.6 Å². The minimum Gasteiger partial charge on any atom is -0.319 e. The largest absolute Gasteiger partial charge is 0.319 e. The molecule has 0 bridgehead atoms. The molecular formula is C13H7ClFIN2O3. The van der Waals surface area contributed by atoms with Crippen LogP contribution in [-0.4, -0.2) is 10.8 Å². The molecule has 0 saturated heterocycles. The van der Waals surface area contributed by atoms with Crippen molar-refractivity contribution in [2.24, 2.45) is 0 Å². The van der Waals surface area contributed by atoms with Crippen molar-refractivity contribution in [2.75, 3.05) is 5.32 Å². The second-order valence-corrected chi connectivity index (χ2v) is 5.65. The van der Waals surface area contributed by atoms with Crippen molar-refractivity contribution in [2.45, 2.75) is 0 Å². The lowest BCUT2D eigenvalue weighted by Crippen LogP contribution is -2.13. The number of halogens is 3. The van der Waals surface area contributed by atoms with Crippen LogP contribution in [0.25, 0.3) is 0 Å². The molecule has 1 N–H and O–H groups in total. The fourth-order valence-corrected chi connectivity index (χ4v) is 2.22. The molecular weight excluding hydrogens is 414 g/mol. The van der Waals surface area contributed by atoms with Crippen molar-refractivity contribution >= 4 is 51.5 Å². The number of anilines is 1. The van der Waals surface area contributed by atoms with Gasteiger partial charge < -0.3 is 5.32 Å². The number of carbonyl (C=O) groups is 1. The molecule has 0 aliphatic heterocycles. The Kier molecular flexibility index (Phi) is 4.73. The zero-order valence-corrected chi connectivity index (χ0v) is 13.2. The lowest BCUT2D eigenvalue weighted by molar-refractivity contribution is -0.384. The molecule has 1 amide bonds. The molecule has 0 saturated carbocycles. The van der Waals surface area contributed by atoms with Crippen molar-refractivity contribution in [1.82, 2.24) is 0 Å². The highest BCUT2D eigenvalue weighted by molar-refractivity contribution is 14.1. The molecule has 5 nitrogen and oxygen atoms in total. The maximum absolute atomic E-state index is 13.6. The normalized spacial score (nSPS) is 10.2. The lowest BCUT2D eigenvalue weighted by atomic mass is 10.2. The minimum atomic E-state index is -0.690. The Balaban J connectivity index is 2.28. The van der Waals surface area contributed by atoms with Crippen molar-refractivity contribution in [3.8, 4) is 0 Å². The number of nitro groups is 1. The highest BCUT2D eigenvalue weighted by Gasteiger charge is 2.17. The summed E-state index contributed by atoms with van der Waals surface area (Å²) in [5, 5.41) is 13.1. The highest BCUT2D eigenvalue weighted by Crippen LogP contribution is 2.26. The minimum absolute atomic E-state index is 0.00183. The number of carbonyl (C=O) groups excluding carboxylic acids is 1. The van der Waals surface area contributed by atoms with Gasteiger partial charge >= 0.3 is 0 Å². The molecule has 0 fully saturated rings. The van der Waals surface area contributed by atoms with Crippen molar-refractivity contribution in [1.29, 1.82) is 0 Å². The average molecular weight is 421 g/mol. The summed E-state index contributed by atoms with van der Waals surface area (Å²) in [6, 6.07) is 7.93. The Bertz CT molecular complexity index is 739. The van der Waals surface area contributed by atoms with Crippen LogP contribution < -0.4 is 5.32 Å². The maximum Gasteiger partial charge on any atom is 0.288 e. The second kappa shape index (κ2) is 6.35. The molecule has 0 unspecified atom stereocenters. The Morgan fingerprint density at radius 2 is 2.00 bits per heavy atom. The van der Waals surface area contributed by atoms with Gasteiger partial charge in [-0.3, -0.25) is 14.9 Å². The van der Waals surface area contributed by atoms with Crippen LogP contribution in [0.15, 0.2) is 36.4 Å². The maximum atomic E-state index is 13.6. The van der Waals surface area contributed by atoms with E-state index < -0.39 is 16.6 Å². The first-order valence-electron chi connectivity index (χ1n) is 5.59. The summed E-state index contributed by atoms with van der Waals surface area (Å²) in [5.41, 5.74) is -0.366. The molecule has 0 heterocycles. The fraction of sp³-hybridized carbons (Fsp3) is 0. The molecule has 0 aromatic heterocycles. The van der Waals surface area contributed by atoms with Gasteiger partial charge in [-0.1, -0.05) is 11.6 Å². The number of amides is 1. The van der Waals surface area contributed by atoms with Gasteiger partial charge in [0.15, 0.2) is 0 Å². The van der Waals surface area contributed by atoms with Gasteiger partial charge in [0.1, 0.15) is 10.8 Å². The van der Waals surface area contributed by atoms with E-state index in [-0.39, 0.29) is 22.0 Å². The molecule has 0 aliphatic carbocycles. The lowest BCUT2D eigenvalue weighted by Gasteiger charge is -2.07. The topological polar surface area (TPSA) is 72.2 Å².